The van der Waals surface area contributed by atoms with Gasteiger partial charge in [0.1, 0.15) is 11.3 Å². The Morgan fingerprint density at radius 2 is 2.04 bits per heavy atom. The highest BCUT2D eigenvalue weighted by Crippen LogP contribution is 2.39. The van der Waals surface area contributed by atoms with Gasteiger partial charge in [-0.05, 0) is 43.9 Å². The van der Waals surface area contributed by atoms with Crippen LogP contribution in [0.2, 0.25) is 5.02 Å². The maximum atomic E-state index is 12.2. The maximum absolute atomic E-state index is 12.2. The van der Waals surface area contributed by atoms with Crippen LogP contribution >= 0.6 is 11.6 Å². The second-order valence-corrected chi connectivity index (χ2v) is 7.28. The lowest BCUT2D eigenvalue weighted by molar-refractivity contribution is -0.862. The van der Waals surface area contributed by atoms with Gasteiger partial charge < -0.3 is 20.3 Å². The summed E-state index contributed by atoms with van der Waals surface area (Å²) in [4.78, 5) is 25.1. The molecule has 1 aromatic rings. The van der Waals surface area contributed by atoms with Crippen LogP contribution in [-0.2, 0) is 9.59 Å². The molecule has 7 nitrogen and oxygen atoms in total. The van der Waals surface area contributed by atoms with Crippen LogP contribution in [0.4, 0.5) is 5.69 Å². The predicted molar refractivity (Wildman–Crippen MR) is 98.1 cm³/mol. The molecule has 1 aliphatic carbocycles. The highest BCUT2D eigenvalue weighted by Gasteiger charge is 2.43. The second-order valence-electron chi connectivity index (χ2n) is 6.84. The lowest BCUT2D eigenvalue weighted by atomic mass is 9.98. The van der Waals surface area contributed by atoms with Gasteiger partial charge in [0.2, 0.25) is 0 Å². The minimum absolute atomic E-state index is 0.0930. The average molecular weight is 380 g/mol. The Morgan fingerprint density at radius 1 is 1.38 bits per heavy atom. The lowest BCUT2D eigenvalue weighted by Gasteiger charge is -2.23. The van der Waals surface area contributed by atoms with Gasteiger partial charge in [0.05, 0.1) is 25.9 Å². The van der Waals surface area contributed by atoms with Gasteiger partial charge in [-0.25, -0.2) is 0 Å². The van der Waals surface area contributed by atoms with Crippen molar-refractivity contribution < 1.29 is 19.2 Å². The van der Waals surface area contributed by atoms with Crippen molar-refractivity contribution in [3.63, 3.8) is 0 Å². The minimum atomic E-state index is -0.826. The number of benzene rings is 1. The normalized spacial score (nSPS) is 16.7. The van der Waals surface area contributed by atoms with Crippen molar-refractivity contribution >= 4 is 29.1 Å². The first-order valence-electron chi connectivity index (χ1n) is 8.44. The van der Waals surface area contributed by atoms with Gasteiger partial charge in [-0.3, -0.25) is 9.59 Å². The molecule has 2 rings (SSSR count). The number of hydrogen-bond acceptors (Lipinski definition) is 4. The number of nitrogens with zero attached hydrogens (tertiary/aromatic N) is 1. The zero-order chi connectivity index (χ0) is 19.3. The van der Waals surface area contributed by atoms with Crippen LogP contribution < -0.4 is 20.3 Å². The number of anilines is 1. The fourth-order valence-corrected chi connectivity index (χ4v) is 2.97. The van der Waals surface area contributed by atoms with E-state index in [4.69, 9.17) is 16.3 Å². The zero-order valence-electron chi connectivity index (χ0n) is 15.2. The largest absolute Gasteiger partial charge is 0.495 e. The van der Waals surface area contributed by atoms with Crippen LogP contribution in [0.25, 0.3) is 0 Å². The Kier molecular flexibility index (Phi) is 6.46. The molecule has 2 atom stereocenters. The summed E-state index contributed by atoms with van der Waals surface area (Å²) in [5.74, 6) is 0.218. The first kappa shape index (κ1) is 20.0. The van der Waals surface area contributed by atoms with Crippen molar-refractivity contribution in [2.75, 3.05) is 32.6 Å². The van der Waals surface area contributed by atoms with Crippen LogP contribution in [0, 0.1) is 17.2 Å². The first-order chi connectivity index (χ1) is 12.3. The molecule has 140 valence electrons. The molecule has 2 amide bonds. The lowest BCUT2D eigenvalue weighted by Crippen LogP contribution is -3.11. The average Bonchev–Trinajstić information content (AvgIpc) is 3.39. The molecule has 26 heavy (non-hydrogen) atoms. The molecular formula is C18H24ClN4O3+. The number of ether oxygens (including phenoxy) is 1. The molecule has 1 aliphatic rings. The third-order valence-electron chi connectivity index (χ3n) is 4.39. The number of hydrogen-bond donors (Lipinski definition) is 3. The number of methoxy groups -OCH3 is 1. The molecule has 1 unspecified atom stereocenters. The van der Waals surface area contributed by atoms with Crippen LogP contribution in [0.5, 0.6) is 5.75 Å². The van der Waals surface area contributed by atoms with Gasteiger partial charge in [0, 0.05) is 5.02 Å². The van der Waals surface area contributed by atoms with Crippen LogP contribution in [0.15, 0.2) is 18.2 Å². The third kappa shape index (κ3) is 5.35. The third-order valence-corrected chi connectivity index (χ3v) is 4.62. The summed E-state index contributed by atoms with van der Waals surface area (Å²) in [6.07, 6.45) is 1.91. The second kappa shape index (κ2) is 8.39. The summed E-state index contributed by atoms with van der Waals surface area (Å²) in [7, 11) is 3.25. The van der Waals surface area contributed by atoms with E-state index >= 15 is 0 Å². The Hall–Kier alpha value is -2.30. The molecule has 0 spiro atoms. The van der Waals surface area contributed by atoms with Gasteiger partial charge >= 0.3 is 0 Å². The maximum Gasteiger partial charge on any atom is 0.279 e. The fourth-order valence-electron chi connectivity index (χ4n) is 2.80. The van der Waals surface area contributed by atoms with E-state index < -0.39 is 5.54 Å². The number of quaternary nitrogens is 1. The van der Waals surface area contributed by atoms with Crippen molar-refractivity contribution in [1.82, 2.24) is 5.32 Å². The van der Waals surface area contributed by atoms with E-state index in [2.05, 4.69) is 16.7 Å². The van der Waals surface area contributed by atoms with Crippen molar-refractivity contribution in [2.24, 2.45) is 5.92 Å². The standard InChI is InChI=1S/C18H23ClN4O3/c1-18(11-20,12-4-5-12)22-17(25)10-23(2)9-16(24)21-14-8-13(19)6-7-15(14)26-3/h6-8,12H,4-5,9-10H2,1-3H3,(H,21,24)(H,22,25)/p+1/t18-/m0/s1. The number of rotatable bonds is 8. The van der Waals surface area contributed by atoms with E-state index in [1.54, 1.807) is 32.2 Å². The topological polar surface area (TPSA) is 95.7 Å². The van der Waals surface area contributed by atoms with Gasteiger partial charge in [0.25, 0.3) is 11.8 Å². The first-order valence-corrected chi connectivity index (χ1v) is 8.82. The van der Waals surface area contributed by atoms with Crippen molar-refractivity contribution in [3.05, 3.63) is 23.2 Å². The predicted octanol–water partition coefficient (Wildman–Crippen LogP) is 0.610. The Morgan fingerprint density at radius 3 is 2.62 bits per heavy atom. The number of carbonyl (C=O) groups is 2. The molecule has 1 aromatic carbocycles. The van der Waals surface area contributed by atoms with Gasteiger partial charge in [-0.2, -0.15) is 5.26 Å². The van der Waals surface area contributed by atoms with E-state index in [0.29, 0.717) is 21.4 Å². The quantitative estimate of drug-likeness (QED) is 0.616. The highest BCUT2D eigenvalue weighted by molar-refractivity contribution is 6.31. The number of halogens is 1. The number of likely N-dealkylation sites (N-methyl/N-ethyl adjacent to an activating group) is 1. The number of carbonyl (C=O) groups excluding carboxylic acids is 2. The van der Waals surface area contributed by atoms with Gasteiger partial charge in [-0.1, -0.05) is 11.6 Å². The molecular weight excluding hydrogens is 356 g/mol. The summed E-state index contributed by atoms with van der Waals surface area (Å²) in [6.45, 7) is 1.94. The van der Waals surface area contributed by atoms with Crippen molar-refractivity contribution in [1.29, 1.82) is 5.26 Å². The van der Waals surface area contributed by atoms with Crippen LogP contribution in [0.3, 0.4) is 0 Å². The molecule has 3 N–H and O–H groups in total. The number of nitriles is 1. The van der Waals surface area contributed by atoms with Gasteiger partial charge in [0.15, 0.2) is 13.1 Å². The smallest absolute Gasteiger partial charge is 0.279 e. The Bertz CT molecular complexity index is 730. The molecule has 0 bridgehead atoms. The van der Waals surface area contributed by atoms with E-state index in [1.807, 2.05) is 0 Å². The molecule has 0 aromatic heterocycles. The summed E-state index contributed by atoms with van der Waals surface area (Å²) < 4.78 is 5.19. The minimum Gasteiger partial charge on any atom is -0.495 e. The Labute approximate surface area is 158 Å². The summed E-state index contributed by atoms with van der Waals surface area (Å²) in [6, 6.07) is 7.13. The van der Waals surface area contributed by atoms with Crippen molar-refractivity contribution in [2.45, 2.75) is 25.3 Å². The monoisotopic (exact) mass is 379 g/mol. The van der Waals surface area contributed by atoms with E-state index in [9.17, 15) is 14.9 Å². The molecule has 0 aliphatic heterocycles. The number of nitrogens with one attached hydrogen (secondary N) is 3. The van der Waals surface area contributed by atoms with Crippen molar-refractivity contribution in [3.8, 4) is 11.8 Å². The molecule has 1 saturated carbocycles. The van der Waals surface area contributed by atoms with E-state index in [1.165, 1.54) is 7.11 Å². The van der Waals surface area contributed by atoms with E-state index in [0.717, 1.165) is 12.8 Å². The van der Waals surface area contributed by atoms with Crippen LogP contribution in [-0.4, -0.2) is 44.6 Å². The number of amides is 2. The molecule has 0 saturated heterocycles. The van der Waals surface area contributed by atoms with Crippen LogP contribution in [0.1, 0.15) is 19.8 Å². The highest BCUT2D eigenvalue weighted by atomic mass is 35.5. The fraction of sp³-hybridized carbons (Fsp3) is 0.500. The summed E-state index contributed by atoms with van der Waals surface area (Å²) in [5.41, 5.74) is -0.346. The zero-order valence-corrected chi connectivity index (χ0v) is 15.9. The van der Waals surface area contributed by atoms with Gasteiger partial charge in [-0.15, -0.1) is 0 Å². The molecule has 1 fully saturated rings. The Balaban J connectivity index is 1.86. The SMILES string of the molecule is COc1ccc(Cl)cc1NC(=O)C[NH+](C)CC(=O)N[C@@](C)(C#N)C1CC1. The molecule has 8 heteroatoms. The molecule has 0 heterocycles. The molecule has 0 radical (unpaired) electrons. The summed E-state index contributed by atoms with van der Waals surface area (Å²) in [5, 5.41) is 15.3. The van der Waals surface area contributed by atoms with E-state index in [-0.39, 0.29) is 30.8 Å². The summed E-state index contributed by atoms with van der Waals surface area (Å²) >= 11 is 5.95.